The predicted molar refractivity (Wildman–Crippen MR) is 80.8 cm³/mol. The zero-order valence-corrected chi connectivity index (χ0v) is 12.7. The molecule has 1 N–H and O–H groups in total. The Bertz CT molecular complexity index is 379. The first-order valence-electron chi connectivity index (χ1n) is 7.87. The number of nitrogens with one attached hydrogen (secondary N) is 1. The van der Waals surface area contributed by atoms with Crippen molar-refractivity contribution in [2.45, 2.75) is 64.8 Å². The Morgan fingerprint density at radius 3 is 2.40 bits per heavy atom. The molecule has 1 atom stereocenters. The van der Waals surface area contributed by atoms with Crippen LogP contribution in [0.5, 0.6) is 0 Å². The average molecular weight is 283 g/mol. The van der Waals surface area contributed by atoms with E-state index in [0.29, 0.717) is 5.56 Å². The van der Waals surface area contributed by atoms with E-state index in [9.17, 15) is 8.78 Å². The fourth-order valence-electron chi connectivity index (χ4n) is 2.52. The molecule has 3 heteroatoms. The molecule has 0 heterocycles. The van der Waals surface area contributed by atoms with Gasteiger partial charge in [-0.25, -0.2) is 8.78 Å². The number of benzene rings is 1. The second-order valence-corrected chi connectivity index (χ2v) is 5.33. The zero-order chi connectivity index (χ0) is 14.8. The molecule has 1 unspecified atom stereocenters. The summed E-state index contributed by atoms with van der Waals surface area (Å²) >= 11 is 0. The van der Waals surface area contributed by atoms with Crippen molar-refractivity contribution in [3.05, 3.63) is 35.4 Å². The Balaban J connectivity index is 2.49. The fourth-order valence-corrected chi connectivity index (χ4v) is 2.52. The summed E-state index contributed by atoms with van der Waals surface area (Å²) in [6.45, 7) is 4.95. The Morgan fingerprint density at radius 1 is 1.00 bits per heavy atom. The van der Waals surface area contributed by atoms with Crippen molar-refractivity contribution in [2.75, 3.05) is 6.54 Å². The minimum absolute atomic E-state index is 0.0816. The fraction of sp³-hybridized carbons (Fsp3) is 0.647. The molecule has 0 bridgehead atoms. The monoisotopic (exact) mass is 283 g/mol. The minimum Gasteiger partial charge on any atom is -0.310 e. The van der Waals surface area contributed by atoms with Crippen LogP contribution >= 0.6 is 0 Å². The van der Waals surface area contributed by atoms with E-state index < -0.39 is 0 Å². The third-order valence-corrected chi connectivity index (χ3v) is 3.63. The van der Waals surface area contributed by atoms with Crippen molar-refractivity contribution in [2.24, 2.45) is 0 Å². The molecule has 1 rings (SSSR count). The predicted octanol–water partition coefficient (Wildman–Crippen LogP) is 5.37. The van der Waals surface area contributed by atoms with Crippen molar-refractivity contribution in [3.8, 4) is 0 Å². The highest BCUT2D eigenvalue weighted by Crippen LogP contribution is 2.24. The summed E-state index contributed by atoms with van der Waals surface area (Å²) < 4.78 is 27.1. The Morgan fingerprint density at radius 2 is 1.70 bits per heavy atom. The molecular formula is C17H27F2N. The van der Waals surface area contributed by atoms with E-state index in [1.54, 1.807) is 0 Å². The molecule has 0 aliphatic heterocycles. The zero-order valence-electron chi connectivity index (χ0n) is 12.7. The highest BCUT2D eigenvalue weighted by atomic mass is 19.1. The van der Waals surface area contributed by atoms with Crippen LogP contribution in [0.1, 0.15) is 70.4 Å². The molecule has 0 fully saturated rings. The number of halogens is 2. The normalized spacial score (nSPS) is 12.6. The van der Waals surface area contributed by atoms with E-state index in [-0.39, 0.29) is 17.7 Å². The summed E-state index contributed by atoms with van der Waals surface area (Å²) in [6, 6.07) is 3.63. The lowest BCUT2D eigenvalue weighted by atomic mass is 9.99. The van der Waals surface area contributed by atoms with Gasteiger partial charge < -0.3 is 5.32 Å². The maximum atomic E-state index is 13.8. The summed E-state index contributed by atoms with van der Waals surface area (Å²) in [4.78, 5) is 0. The Hall–Kier alpha value is -0.960. The molecule has 1 aromatic carbocycles. The van der Waals surface area contributed by atoms with Crippen LogP contribution in [-0.2, 0) is 0 Å². The van der Waals surface area contributed by atoms with Crippen LogP contribution in [0.2, 0.25) is 0 Å². The molecule has 0 amide bonds. The molecule has 0 radical (unpaired) electrons. The van der Waals surface area contributed by atoms with Gasteiger partial charge in [-0.1, -0.05) is 52.4 Å². The van der Waals surface area contributed by atoms with Crippen molar-refractivity contribution >= 4 is 0 Å². The van der Waals surface area contributed by atoms with Gasteiger partial charge in [-0.2, -0.15) is 0 Å². The van der Waals surface area contributed by atoms with E-state index in [4.69, 9.17) is 0 Å². The van der Waals surface area contributed by atoms with Gasteiger partial charge in [0.1, 0.15) is 11.6 Å². The topological polar surface area (TPSA) is 12.0 Å². The first-order valence-corrected chi connectivity index (χ1v) is 7.87. The highest BCUT2D eigenvalue weighted by molar-refractivity contribution is 5.22. The van der Waals surface area contributed by atoms with Gasteiger partial charge in [0.05, 0.1) is 0 Å². The van der Waals surface area contributed by atoms with E-state index in [2.05, 4.69) is 12.2 Å². The molecule has 0 aliphatic carbocycles. The number of hydrogen-bond donors (Lipinski definition) is 1. The average Bonchev–Trinajstić information content (AvgIpc) is 2.44. The van der Waals surface area contributed by atoms with Crippen molar-refractivity contribution in [1.82, 2.24) is 5.32 Å². The quantitative estimate of drug-likeness (QED) is 0.569. The third kappa shape index (κ3) is 6.00. The summed E-state index contributed by atoms with van der Waals surface area (Å²) in [6.07, 6.45) is 8.12. The standard InChI is InChI=1S/C17H27F2N/c1-3-5-6-7-8-9-10-17(20-4-2)15-13-14(18)11-12-16(15)19/h11-13,17,20H,3-10H2,1-2H3. The van der Waals surface area contributed by atoms with Gasteiger partial charge in [0.15, 0.2) is 0 Å². The summed E-state index contributed by atoms with van der Waals surface area (Å²) in [7, 11) is 0. The lowest BCUT2D eigenvalue weighted by Crippen LogP contribution is -2.22. The van der Waals surface area contributed by atoms with Gasteiger partial charge in [0.25, 0.3) is 0 Å². The summed E-state index contributed by atoms with van der Waals surface area (Å²) in [5, 5.41) is 3.26. The molecule has 0 aromatic heterocycles. The maximum absolute atomic E-state index is 13.8. The molecule has 1 aromatic rings. The smallest absolute Gasteiger partial charge is 0.128 e. The number of rotatable bonds is 10. The largest absolute Gasteiger partial charge is 0.310 e. The van der Waals surface area contributed by atoms with Crippen LogP contribution in [-0.4, -0.2) is 6.54 Å². The van der Waals surface area contributed by atoms with Gasteiger partial charge >= 0.3 is 0 Å². The molecule has 1 nitrogen and oxygen atoms in total. The van der Waals surface area contributed by atoms with E-state index in [1.165, 1.54) is 50.3 Å². The molecule has 0 spiro atoms. The summed E-state index contributed by atoms with van der Waals surface area (Å²) in [5.41, 5.74) is 0.459. The van der Waals surface area contributed by atoms with Gasteiger partial charge in [-0.15, -0.1) is 0 Å². The number of hydrogen-bond acceptors (Lipinski definition) is 1. The van der Waals surface area contributed by atoms with Gasteiger partial charge in [0, 0.05) is 11.6 Å². The van der Waals surface area contributed by atoms with Crippen LogP contribution in [0.25, 0.3) is 0 Å². The first kappa shape index (κ1) is 17.1. The van der Waals surface area contributed by atoms with Crippen LogP contribution in [0.15, 0.2) is 18.2 Å². The van der Waals surface area contributed by atoms with Crippen molar-refractivity contribution in [1.29, 1.82) is 0 Å². The molecule has 0 aliphatic rings. The third-order valence-electron chi connectivity index (χ3n) is 3.63. The van der Waals surface area contributed by atoms with Crippen molar-refractivity contribution < 1.29 is 8.78 Å². The van der Waals surface area contributed by atoms with Crippen LogP contribution in [0, 0.1) is 11.6 Å². The maximum Gasteiger partial charge on any atom is 0.128 e. The second-order valence-electron chi connectivity index (χ2n) is 5.33. The molecular weight excluding hydrogens is 256 g/mol. The van der Waals surface area contributed by atoms with Crippen LogP contribution in [0.4, 0.5) is 8.78 Å². The van der Waals surface area contributed by atoms with E-state index >= 15 is 0 Å². The van der Waals surface area contributed by atoms with Gasteiger partial charge in [0.2, 0.25) is 0 Å². The van der Waals surface area contributed by atoms with Gasteiger partial charge in [-0.3, -0.25) is 0 Å². The van der Waals surface area contributed by atoms with E-state index in [0.717, 1.165) is 19.4 Å². The minimum atomic E-state index is -0.368. The first-order chi connectivity index (χ1) is 9.69. The Labute approximate surface area is 121 Å². The Kier molecular flexibility index (Phi) is 8.43. The molecule has 0 saturated heterocycles. The molecule has 0 saturated carbocycles. The summed E-state index contributed by atoms with van der Waals surface area (Å²) in [5.74, 6) is -0.685. The van der Waals surface area contributed by atoms with E-state index in [1.807, 2.05) is 6.92 Å². The highest BCUT2D eigenvalue weighted by Gasteiger charge is 2.15. The van der Waals surface area contributed by atoms with Crippen molar-refractivity contribution in [3.63, 3.8) is 0 Å². The molecule has 20 heavy (non-hydrogen) atoms. The number of unbranched alkanes of at least 4 members (excludes halogenated alkanes) is 5. The van der Waals surface area contributed by atoms with Gasteiger partial charge in [-0.05, 0) is 31.2 Å². The van der Waals surface area contributed by atoms with Crippen LogP contribution < -0.4 is 5.32 Å². The SMILES string of the molecule is CCCCCCCCC(NCC)c1cc(F)ccc1F. The lowest BCUT2D eigenvalue weighted by Gasteiger charge is -2.19. The molecule has 114 valence electrons. The van der Waals surface area contributed by atoms with Crippen LogP contribution in [0.3, 0.4) is 0 Å². The second kappa shape index (κ2) is 9.87. The lowest BCUT2D eigenvalue weighted by molar-refractivity contribution is 0.454.